The number of rotatable bonds is 6. The highest BCUT2D eigenvalue weighted by Crippen LogP contribution is 2.34. The minimum absolute atomic E-state index is 0. The van der Waals surface area contributed by atoms with Gasteiger partial charge in [-0.25, -0.2) is 4.98 Å². The molecule has 0 saturated heterocycles. The molecule has 0 aliphatic heterocycles. The Bertz CT molecular complexity index is 1290. The van der Waals surface area contributed by atoms with Crippen LogP contribution in [0.25, 0.3) is 10.9 Å². The van der Waals surface area contributed by atoms with Crippen molar-refractivity contribution in [2.45, 2.75) is 19.3 Å². The second-order valence-electron chi connectivity index (χ2n) is 7.42. The zero-order valence-corrected chi connectivity index (χ0v) is 18.9. The maximum Gasteiger partial charge on any atom is 0.433 e. The number of halogens is 4. The Labute approximate surface area is 200 Å². The molecule has 0 aliphatic carbocycles. The standard InChI is InChI=1S/C24H21F3N4O2.ClH/c1-30(17-6-3-2-4-7-17)23(32)15-31-11-10-18-19(31)8-5-9-20(18)33-22-13-16(14-28)12-21(29-22)24(25,26)27;/h2-13H,14-15,28H2,1H3;1H. The first-order valence-electron chi connectivity index (χ1n) is 10.1. The van der Waals surface area contributed by atoms with Gasteiger partial charge in [0.1, 0.15) is 18.0 Å². The number of para-hydroxylation sites is 1. The largest absolute Gasteiger partial charge is 0.438 e. The summed E-state index contributed by atoms with van der Waals surface area (Å²) in [6.07, 6.45) is -2.89. The number of anilines is 1. The number of hydrogen-bond donors (Lipinski definition) is 1. The lowest BCUT2D eigenvalue weighted by Crippen LogP contribution is -2.29. The first kappa shape index (κ1) is 25.1. The molecule has 4 aromatic rings. The molecule has 1 amide bonds. The van der Waals surface area contributed by atoms with Crippen molar-refractivity contribution >= 4 is 34.9 Å². The SMILES string of the molecule is CN(C(=O)Cn1ccc2c(Oc3cc(CN)cc(C(F)(F)F)n3)cccc21)c1ccccc1.Cl. The van der Waals surface area contributed by atoms with Gasteiger partial charge in [0.2, 0.25) is 11.8 Å². The highest BCUT2D eigenvalue weighted by Gasteiger charge is 2.33. The summed E-state index contributed by atoms with van der Waals surface area (Å²) in [5.41, 5.74) is 6.20. The molecule has 0 aliphatic rings. The summed E-state index contributed by atoms with van der Waals surface area (Å²) in [7, 11) is 1.70. The average molecular weight is 491 g/mol. The fourth-order valence-corrected chi connectivity index (χ4v) is 3.46. The second-order valence-corrected chi connectivity index (χ2v) is 7.42. The summed E-state index contributed by atoms with van der Waals surface area (Å²) >= 11 is 0. The summed E-state index contributed by atoms with van der Waals surface area (Å²) < 4.78 is 47.1. The smallest absolute Gasteiger partial charge is 0.433 e. The number of likely N-dealkylation sites (N-methyl/N-ethyl adjacent to an activating group) is 1. The molecule has 0 fully saturated rings. The second kappa shape index (κ2) is 10.1. The van der Waals surface area contributed by atoms with E-state index in [1.807, 2.05) is 36.4 Å². The summed E-state index contributed by atoms with van der Waals surface area (Å²) in [5.74, 6) is -0.00697. The molecule has 6 nitrogen and oxygen atoms in total. The molecule has 0 saturated carbocycles. The van der Waals surface area contributed by atoms with Gasteiger partial charge in [-0.3, -0.25) is 4.79 Å². The lowest BCUT2D eigenvalue weighted by Gasteiger charge is -2.18. The van der Waals surface area contributed by atoms with E-state index >= 15 is 0 Å². The first-order chi connectivity index (χ1) is 15.8. The number of fused-ring (bicyclic) bond motifs is 1. The van der Waals surface area contributed by atoms with E-state index in [2.05, 4.69) is 4.98 Å². The van der Waals surface area contributed by atoms with Gasteiger partial charge in [-0.2, -0.15) is 13.2 Å². The Kier molecular flexibility index (Phi) is 7.48. The lowest BCUT2D eigenvalue weighted by molar-refractivity contribution is -0.141. The molecular weight excluding hydrogens is 469 g/mol. The minimum atomic E-state index is -4.62. The third kappa shape index (κ3) is 5.32. The summed E-state index contributed by atoms with van der Waals surface area (Å²) in [6.45, 7) is -0.00292. The van der Waals surface area contributed by atoms with Crippen molar-refractivity contribution in [1.29, 1.82) is 0 Å². The van der Waals surface area contributed by atoms with Gasteiger partial charge in [-0.15, -0.1) is 12.4 Å². The number of hydrogen-bond acceptors (Lipinski definition) is 4. The molecule has 4 rings (SSSR count). The van der Waals surface area contributed by atoms with Crippen molar-refractivity contribution in [2.75, 3.05) is 11.9 Å². The van der Waals surface area contributed by atoms with E-state index < -0.39 is 11.9 Å². The molecular formula is C24H22ClF3N4O2. The van der Waals surface area contributed by atoms with Crippen LogP contribution in [-0.4, -0.2) is 22.5 Å². The monoisotopic (exact) mass is 490 g/mol. The minimum Gasteiger partial charge on any atom is -0.438 e. The van der Waals surface area contributed by atoms with Crippen LogP contribution in [0.15, 0.2) is 72.9 Å². The zero-order valence-electron chi connectivity index (χ0n) is 18.1. The molecule has 0 radical (unpaired) electrons. The predicted molar refractivity (Wildman–Crippen MR) is 126 cm³/mol. The van der Waals surface area contributed by atoms with Crippen molar-refractivity contribution in [3.8, 4) is 11.6 Å². The highest BCUT2D eigenvalue weighted by molar-refractivity contribution is 5.94. The molecule has 0 atom stereocenters. The number of nitrogens with zero attached hydrogens (tertiary/aromatic N) is 3. The van der Waals surface area contributed by atoms with E-state index in [0.717, 1.165) is 11.8 Å². The van der Waals surface area contributed by atoms with Crippen LogP contribution < -0.4 is 15.4 Å². The maximum absolute atomic E-state index is 13.2. The molecule has 0 bridgehead atoms. The topological polar surface area (TPSA) is 73.4 Å². The Morgan fingerprint density at radius 3 is 2.50 bits per heavy atom. The van der Waals surface area contributed by atoms with Gasteiger partial charge in [0.15, 0.2) is 0 Å². The number of carbonyl (C=O) groups excluding carboxylic acids is 1. The molecule has 2 aromatic carbocycles. The van der Waals surface area contributed by atoms with Crippen LogP contribution in [0.4, 0.5) is 18.9 Å². The Balaban J connectivity index is 0.00000324. The zero-order chi connectivity index (χ0) is 23.6. The summed E-state index contributed by atoms with van der Waals surface area (Å²) in [4.78, 5) is 17.9. The molecule has 10 heteroatoms. The normalized spacial score (nSPS) is 11.2. The van der Waals surface area contributed by atoms with Gasteiger partial charge in [0.25, 0.3) is 0 Å². The van der Waals surface area contributed by atoms with E-state index in [4.69, 9.17) is 10.5 Å². The molecule has 0 unspecified atom stereocenters. The van der Waals surface area contributed by atoms with Crippen LogP contribution in [0.2, 0.25) is 0 Å². The highest BCUT2D eigenvalue weighted by atomic mass is 35.5. The van der Waals surface area contributed by atoms with Gasteiger partial charge in [0.05, 0.1) is 5.52 Å². The van der Waals surface area contributed by atoms with Gasteiger partial charge in [-0.05, 0) is 42.0 Å². The van der Waals surface area contributed by atoms with Crippen molar-refractivity contribution in [3.63, 3.8) is 0 Å². The van der Waals surface area contributed by atoms with Crippen LogP contribution in [0.5, 0.6) is 11.6 Å². The van der Waals surface area contributed by atoms with Crippen LogP contribution in [0.1, 0.15) is 11.3 Å². The Hall–Kier alpha value is -3.56. The van der Waals surface area contributed by atoms with Gasteiger partial charge in [0, 0.05) is 36.9 Å². The van der Waals surface area contributed by atoms with Gasteiger partial charge in [-0.1, -0.05) is 24.3 Å². The van der Waals surface area contributed by atoms with Crippen LogP contribution in [0.3, 0.4) is 0 Å². The number of carbonyl (C=O) groups is 1. The van der Waals surface area contributed by atoms with Crippen LogP contribution in [-0.2, 0) is 24.1 Å². The molecule has 178 valence electrons. The number of alkyl halides is 3. The molecule has 2 aromatic heterocycles. The van der Waals surface area contributed by atoms with Crippen LogP contribution >= 0.6 is 12.4 Å². The number of amides is 1. The van der Waals surface area contributed by atoms with Crippen molar-refractivity contribution in [1.82, 2.24) is 9.55 Å². The first-order valence-corrected chi connectivity index (χ1v) is 10.1. The van der Waals surface area contributed by atoms with Crippen LogP contribution in [0, 0.1) is 0 Å². The van der Waals surface area contributed by atoms with E-state index in [9.17, 15) is 18.0 Å². The van der Waals surface area contributed by atoms with Gasteiger partial charge >= 0.3 is 6.18 Å². The number of benzene rings is 2. The Morgan fingerprint density at radius 1 is 1.09 bits per heavy atom. The summed E-state index contributed by atoms with van der Waals surface area (Å²) in [6, 6.07) is 18.4. The number of nitrogens with two attached hydrogens (primary N) is 1. The van der Waals surface area contributed by atoms with E-state index in [1.54, 1.807) is 40.9 Å². The van der Waals surface area contributed by atoms with Gasteiger partial charge < -0.3 is 19.9 Å². The van der Waals surface area contributed by atoms with E-state index in [0.29, 0.717) is 16.7 Å². The molecule has 2 heterocycles. The fourth-order valence-electron chi connectivity index (χ4n) is 3.46. The third-order valence-corrected chi connectivity index (χ3v) is 5.20. The molecule has 0 spiro atoms. The van der Waals surface area contributed by atoms with Crippen molar-refractivity contribution in [2.24, 2.45) is 5.73 Å². The molecule has 2 N–H and O–H groups in total. The maximum atomic E-state index is 13.2. The lowest BCUT2D eigenvalue weighted by atomic mass is 10.2. The average Bonchev–Trinajstić information content (AvgIpc) is 3.22. The van der Waals surface area contributed by atoms with E-state index in [-0.39, 0.29) is 42.8 Å². The van der Waals surface area contributed by atoms with E-state index in [1.165, 1.54) is 6.07 Å². The Morgan fingerprint density at radius 2 is 1.82 bits per heavy atom. The fraction of sp³-hybridized carbons (Fsp3) is 0.167. The number of aromatic nitrogens is 2. The predicted octanol–water partition coefficient (Wildman–Crippen LogP) is 5.39. The van der Waals surface area contributed by atoms with Crippen molar-refractivity contribution < 1.29 is 22.7 Å². The quantitative estimate of drug-likeness (QED) is 0.393. The molecule has 34 heavy (non-hydrogen) atoms. The third-order valence-electron chi connectivity index (χ3n) is 5.20. The number of pyridine rings is 1. The number of ether oxygens (including phenoxy) is 1. The van der Waals surface area contributed by atoms with Crippen molar-refractivity contribution in [3.05, 3.63) is 84.2 Å². The summed E-state index contributed by atoms with van der Waals surface area (Å²) in [5, 5.41) is 0.640.